The summed E-state index contributed by atoms with van der Waals surface area (Å²) in [5.41, 5.74) is -0.00832. The molecule has 10 heteroatoms. The third kappa shape index (κ3) is 4.52. The van der Waals surface area contributed by atoms with Crippen LogP contribution in [0, 0.1) is 0 Å². The molecule has 162 valence electrons. The van der Waals surface area contributed by atoms with Crippen molar-refractivity contribution >= 4 is 11.7 Å². The largest absolute Gasteiger partial charge is 0.435 e. The van der Waals surface area contributed by atoms with E-state index in [0.717, 1.165) is 29.4 Å². The van der Waals surface area contributed by atoms with E-state index in [1.807, 2.05) is 19.2 Å². The van der Waals surface area contributed by atoms with Gasteiger partial charge in [-0.2, -0.15) is 23.4 Å². The van der Waals surface area contributed by atoms with Crippen molar-refractivity contribution in [3.8, 4) is 5.69 Å². The number of benzene rings is 1. The number of hydrogen-bond acceptors (Lipinski definition) is 5. The summed E-state index contributed by atoms with van der Waals surface area (Å²) in [5.74, 6) is 0.707. The number of halogens is 3. The van der Waals surface area contributed by atoms with E-state index >= 15 is 0 Å². The van der Waals surface area contributed by atoms with Gasteiger partial charge in [0.1, 0.15) is 0 Å². The fourth-order valence-corrected chi connectivity index (χ4v) is 3.68. The van der Waals surface area contributed by atoms with Crippen molar-refractivity contribution in [2.45, 2.75) is 25.1 Å². The second-order valence-corrected chi connectivity index (χ2v) is 7.41. The van der Waals surface area contributed by atoms with Crippen molar-refractivity contribution in [2.75, 3.05) is 25.0 Å². The zero-order valence-corrected chi connectivity index (χ0v) is 16.8. The van der Waals surface area contributed by atoms with Crippen molar-refractivity contribution in [1.82, 2.24) is 24.9 Å². The molecule has 1 aromatic carbocycles. The number of aromatic nitrogens is 4. The second-order valence-electron chi connectivity index (χ2n) is 7.41. The number of carbonyl (C=O) groups excluding carboxylic acids is 1. The van der Waals surface area contributed by atoms with Crippen molar-refractivity contribution in [3.63, 3.8) is 0 Å². The van der Waals surface area contributed by atoms with Crippen LogP contribution in [-0.4, -0.2) is 57.0 Å². The van der Waals surface area contributed by atoms with Gasteiger partial charge in [-0.15, -0.1) is 5.10 Å². The number of nitrogens with zero attached hydrogens (tertiary/aromatic N) is 6. The fourth-order valence-electron chi connectivity index (χ4n) is 3.68. The van der Waals surface area contributed by atoms with E-state index in [2.05, 4.69) is 20.2 Å². The molecule has 0 atom stereocenters. The summed E-state index contributed by atoms with van der Waals surface area (Å²) in [5, 5.41) is 11.6. The molecule has 3 heterocycles. The van der Waals surface area contributed by atoms with E-state index in [0.29, 0.717) is 24.3 Å². The standard InChI is InChI=1S/C21H21F3N6O/c1-28(19-3-2-11-25-26-19)16-8-12-29(13-9-16)20(31)15-4-6-17(7-5-15)30-14-10-18(27-30)21(22,23)24/h2-7,10-11,14,16H,8-9,12-13H2,1H3. The topological polar surface area (TPSA) is 67.2 Å². The van der Waals surface area contributed by atoms with Gasteiger partial charge in [0.2, 0.25) is 0 Å². The molecular weight excluding hydrogens is 409 g/mol. The maximum atomic E-state index is 12.8. The van der Waals surface area contributed by atoms with Gasteiger partial charge in [-0.05, 0) is 55.3 Å². The Hall–Kier alpha value is -3.43. The van der Waals surface area contributed by atoms with Crippen LogP contribution in [0.4, 0.5) is 19.0 Å². The van der Waals surface area contributed by atoms with Crippen LogP contribution < -0.4 is 4.90 Å². The van der Waals surface area contributed by atoms with E-state index in [-0.39, 0.29) is 11.9 Å². The Morgan fingerprint density at radius 2 is 1.81 bits per heavy atom. The fraction of sp³-hybridized carbons (Fsp3) is 0.333. The van der Waals surface area contributed by atoms with Gasteiger partial charge in [0.05, 0.1) is 5.69 Å². The first kappa shape index (κ1) is 20.8. The highest BCUT2D eigenvalue weighted by Gasteiger charge is 2.33. The van der Waals surface area contributed by atoms with E-state index in [4.69, 9.17) is 0 Å². The average molecular weight is 430 g/mol. The lowest BCUT2D eigenvalue weighted by atomic mass is 10.0. The molecule has 1 aliphatic heterocycles. The number of piperidine rings is 1. The van der Waals surface area contributed by atoms with Crippen molar-refractivity contribution in [1.29, 1.82) is 0 Å². The third-order valence-corrected chi connectivity index (χ3v) is 5.48. The molecule has 0 aliphatic carbocycles. The summed E-state index contributed by atoms with van der Waals surface area (Å²) in [4.78, 5) is 16.7. The minimum Gasteiger partial charge on any atom is -0.355 e. The highest BCUT2D eigenvalue weighted by atomic mass is 19.4. The Bertz CT molecular complexity index is 1030. The quantitative estimate of drug-likeness (QED) is 0.635. The molecule has 0 unspecified atom stereocenters. The SMILES string of the molecule is CN(c1cccnn1)C1CCN(C(=O)c2ccc(-n3ccc(C(F)(F)F)n3)cc2)CC1. The molecule has 0 saturated carbocycles. The molecule has 1 amide bonds. The van der Waals surface area contributed by atoms with Crippen molar-refractivity contribution < 1.29 is 18.0 Å². The van der Waals surface area contributed by atoms with Gasteiger partial charge in [-0.25, -0.2) is 4.68 Å². The van der Waals surface area contributed by atoms with Crippen LogP contribution in [0.15, 0.2) is 54.9 Å². The highest BCUT2D eigenvalue weighted by molar-refractivity contribution is 5.94. The molecule has 7 nitrogen and oxygen atoms in total. The van der Waals surface area contributed by atoms with Gasteiger partial charge in [0.25, 0.3) is 5.91 Å². The molecule has 1 saturated heterocycles. The lowest BCUT2D eigenvalue weighted by Crippen LogP contribution is -2.45. The van der Waals surface area contributed by atoms with Gasteiger partial charge in [0, 0.05) is 44.1 Å². The molecule has 0 bridgehead atoms. The number of amides is 1. The molecule has 2 aromatic heterocycles. The second kappa shape index (κ2) is 8.37. The molecule has 4 rings (SSSR count). The zero-order chi connectivity index (χ0) is 22.0. The van der Waals surface area contributed by atoms with Crippen LogP contribution >= 0.6 is 0 Å². The third-order valence-electron chi connectivity index (χ3n) is 5.48. The maximum absolute atomic E-state index is 12.8. The Labute approximate surface area is 177 Å². The number of likely N-dealkylation sites (tertiary alicyclic amines) is 1. The number of carbonyl (C=O) groups is 1. The molecule has 0 N–H and O–H groups in total. The van der Waals surface area contributed by atoms with E-state index < -0.39 is 11.9 Å². The zero-order valence-electron chi connectivity index (χ0n) is 16.8. The highest BCUT2D eigenvalue weighted by Crippen LogP contribution is 2.28. The first-order chi connectivity index (χ1) is 14.8. The summed E-state index contributed by atoms with van der Waals surface area (Å²) in [6.45, 7) is 1.23. The molecule has 0 radical (unpaired) electrons. The average Bonchev–Trinajstić information content (AvgIpc) is 3.30. The van der Waals surface area contributed by atoms with Crippen molar-refractivity contribution in [2.24, 2.45) is 0 Å². The summed E-state index contributed by atoms with van der Waals surface area (Å²) < 4.78 is 39.3. The summed E-state index contributed by atoms with van der Waals surface area (Å²) in [6.07, 6.45) is 0.00671. The minimum atomic E-state index is -4.49. The molecular formula is C21H21F3N6O. The van der Waals surface area contributed by atoms with Crippen LogP contribution in [0.2, 0.25) is 0 Å². The molecule has 1 aliphatic rings. The molecule has 1 fully saturated rings. The van der Waals surface area contributed by atoms with Crippen LogP contribution in [0.3, 0.4) is 0 Å². The smallest absolute Gasteiger partial charge is 0.355 e. The monoisotopic (exact) mass is 430 g/mol. The Kier molecular flexibility index (Phi) is 5.62. The summed E-state index contributed by atoms with van der Waals surface area (Å²) >= 11 is 0. The summed E-state index contributed by atoms with van der Waals surface area (Å²) in [6, 6.07) is 11.4. The lowest BCUT2D eigenvalue weighted by Gasteiger charge is -2.37. The predicted octanol–water partition coefficient (Wildman–Crippen LogP) is 3.42. The Morgan fingerprint density at radius 1 is 1.10 bits per heavy atom. The van der Waals surface area contributed by atoms with Crippen molar-refractivity contribution in [3.05, 3.63) is 66.1 Å². The molecule has 3 aromatic rings. The van der Waals surface area contributed by atoms with Gasteiger partial charge in [0.15, 0.2) is 11.5 Å². The molecule has 31 heavy (non-hydrogen) atoms. The van der Waals surface area contributed by atoms with Gasteiger partial charge in [-0.1, -0.05) is 0 Å². The molecule has 0 spiro atoms. The van der Waals surface area contributed by atoms with Crippen LogP contribution in [-0.2, 0) is 6.18 Å². The first-order valence-electron chi connectivity index (χ1n) is 9.86. The van der Waals surface area contributed by atoms with Crippen LogP contribution in [0.25, 0.3) is 5.69 Å². The predicted molar refractivity (Wildman–Crippen MR) is 108 cm³/mol. The van der Waals surface area contributed by atoms with Gasteiger partial charge < -0.3 is 9.80 Å². The Balaban J connectivity index is 1.37. The minimum absolute atomic E-state index is 0.0939. The van der Waals surface area contributed by atoms with E-state index in [9.17, 15) is 18.0 Å². The number of rotatable bonds is 4. The van der Waals surface area contributed by atoms with Crippen LogP contribution in [0.1, 0.15) is 28.9 Å². The lowest BCUT2D eigenvalue weighted by molar-refractivity contribution is -0.141. The number of alkyl halides is 3. The summed E-state index contributed by atoms with van der Waals surface area (Å²) in [7, 11) is 1.98. The van der Waals surface area contributed by atoms with Gasteiger partial charge >= 0.3 is 6.18 Å². The van der Waals surface area contributed by atoms with Gasteiger partial charge in [-0.3, -0.25) is 4.79 Å². The Morgan fingerprint density at radius 3 is 2.39 bits per heavy atom. The normalized spacial score (nSPS) is 15.2. The van der Waals surface area contributed by atoms with E-state index in [1.165, 1.54) is 6.20 Å². The van der Waals surface area contributed by atoms with Crippen LogP contribution in [0.5, 0.6) is 0 Å². The number of anilines is 1. The first-order valence-corrected chi connectivity index (χ1v) is 9.86. The maximum Gasteiger partial charge on any atom is 0.435 e. The van der Waals surface area contributed by atoms with E-state index in [1.54, 1.807) is 35.4 Å². The number of hydrogen-bond donors (Lipinski definition) is 0.